The van der Waals surface area contributed by atoms with E-state index in [1.54, 1.807) is 37.4 Å². The normalized spacial score (nSPS) is 13.4. The molecule has 1 saturated carbocycles. The fourth-order valence-corrected chi connectivity index (χ4v) is 4.68. The molecule has 0 spiro atoms. The molecule has 2 aromatic heterocycles. The fraction of sp³-hybridized carbons (Fsp3) is 0.364. The summed E-state index contributed by atoms with van der Waals surface area (Å²) >= 11 is 6.23. The van der Waals surface area contributed by atoms with E-state index >= 15 is 4.39 Å². The summed E-state index contributed by atoms with van der Waals surface area (Å²) in [5.41, 5.74) is 14.9. The Morgan fingerprint density at radius 2 is 1.95 bits per heavy atom. The number of amidine groups is 1. The van der Waals surface area contributed by atoms with Gasteiger partial charge in [0.25, 0.3) is 0 Å². The van der Waals surface area contributed by atoms with E-state index in [2.05, 4.69) is 26.9 Å². The van der Waals surface area contributed by atoms with Crippen LogP contribution < -0.4 is 22.5 Å². The maximum atomic E-state index is 15.1. The number of nitrogens with zero attached hydrogens (tertiary/aromatic N) is 3. The van der Waals surface area contributed by atoms with Crippen molar-refractivity contribution in [2.45, 2.75) is 64.5 Å². The van der Waals surface area contributed by atoms with Gasteiger partial charge in [-0.05, 0) is 80.6 Å². The first-order valence-corrected chi connectivity index (χ1v) is 15.2. The number of nitrogens with two attached hydrogens (primary N) is 2. The van der Waals surface area contributed by atoms with Crippen molar-refractivity contribution in [3.8, 4) is 16.9 Å². The van der Waals surface area contributed by atoms with Gasteiger partial charge in [0, 0.05) is 36.3 Å². The van der Waals surface area contributed by atoms with Crippen LogP contribution in [0.15, 0.2) is 71.1 Å². The molecule has 1 aliphatic carbocycles. The van der Waals surface area contributed by atoms with Crippen LogP contribution in [0.3, 0.4) is 0 Å². The number of benzene rings is 2. The predicted molar refractivity (Wildman–Crippen MR) is 176 cm³/mol. The van der Waals surface area contributed by atoms with E-state index in [9.17, 15) is 4.79 Å². The highest BCUT2D eigenvalue weighted by atomic mass is 35.5. The zero-order valence-corrected chi connectivity index (χ0v) is 25.5. The van der Waals surface area contributed by atoms with Crippen LogP contribution in [0.5, 0.6) is 0 Å². The molecule has 4 aromatic rings. The minimum Gasteiger partial charge on any atom is -0.388 e. The van der Waals surface area contributed by atoms with E-state index in [1.165, 1.54) is 23.8 Å². The SMILES string of the molecule is C1CC1.C=CC(N)CCCc1cc(Cl)c(F)c(-c2cc3cn(-c4ccc(CNCCCN=C(C)N)cc4)c(=O)nc3[nH]2)c1. The fourth-order valence-electron chi connectivity index (χ4n) is 4.44. The van der Waals surface area contributed by atoms with Crippen molar-refractivity contribution in [2.24, 2.45) is 16.5 Å². The zero-order chi connectivity index (χ0) is 30.8. The van der Waals surface area contributed by atoms with E-state index in [-0.39, 0.29) is 11.1 Å². The molecule has 0 aliphatic heterocycles. The van der Waals surface area contributed by atoms with E-state index in [1.807, 2.05) is 24.3 Å². The number of hydrogen-bond acceptors (Lipinski definition) is 5. The third kappa shape index (κ3) is 9.61. The molecule has 5 rings (SSSR count). The number of aliphatic imine (C=N–C) groups is 1. The summed E-state index contributed by atoms with van der Waals surface area (Å²) in [6.45, 7) is 7.71. The molecular weight excluding hydrogens is 565 g/mol. The van der Waals surface area contributed by atoms with Crippen LogP contribution in [0.4, 0.5) is 4.39 Å². The van der Waals surface area contributed by atoms with Gasteiger partial charge in [0.2, 0.25) is 0 Å². The molecule has 8 nitrogen and oxygen atoms in total. The maximum Gasteiger partial charge on any atom is 0.354 e. The highest BCUT2D eigenvalue weighted by Crippen LogP contribution is 2.31. The number of H-pyrrole nitrogens is 1. The molecule has 10 heteroatoms. The zero-order valence-electron chi connectivity index (χ0n) is 24.7. The number of nitrogens with one attached hydrogen (secondary N) is 2. The number of aromatic nitrogens is 3. The van der Waals surface area contributed by atoms with Crippen LogP contribution in [0.1, 0.15) is 56.6 Å². The molecule has 0 bridgehead atoms. The lowest BCUT2D eigenvalue weighted by Gasteiger charge is -2.09. The van der Waals surface area contributed by atoms with E-state index < -0.39 is 11.5 Å². The number of aromatic amines is 1. The van der Waals surface area contributed by atoms with E-state index in [0.29, 0.717) is 53.3 Å². The second-order valence-electron chi connectivity index (χ2n) is 10.9. The molecule has 6 N–H and O–H groups in total. The molecule has 1 atom stereocenters. The largest absolute Gasteiger partial charge is 0.388 e. The minimum atomic E-state index is -0.526. The number of rotatable bonds is 13. The van der Waals surface area contributed by atoms with Crippen molar-refractivity contribution in [1.82, 2.24) is 19.9 Å². The predicted octanol–water partition coefficient (Wildman–Crippen LogP) is 6.04. The first kappa shape index (κ1) is 32.1. The van der Waals surface area contributed by atoms with E-state index in [4.69, 9.17) is 23.1 Å². The topological polar surface area (TPSA) is 127 Å². The van der Waals surface area contributed by atoms with Crippen molar-refractivity contribution in [1.29, 1.82) is 0 Å². The Labute approximate surface area is 257 Å². The number of fused-ring (bicyclic) bond motifs is 1. The summed E-state index contributed by atoms with van der Waals surface area (Å²) in [7, 11) is 0. The molecule has 2 heterocycles. The number of hydrogen-bond donors (Lipinski definition) is 4. The van der Waals surface area contributed by atoms with Crippen LogP contribution in [0, 0.1) is 5.82 Å². The van der Waals surface area contributed by atoms with Gasteiger partial charge in [-0.1, -0.05) is 49.1 Å². The first-order chi connectivity index (χ1) is 20.7. The highest BCUT2D eigenvalue weighted by Gasteiger charge is 2.15. The summed E-state index contributed by atoms with van der Waals surface area (Å²) < 4.78 is 16.5. The molecular formula is C33H41ClFN7O. The van der Waals surface area contributed by atoms with Gasteiger partial charge in [-0.2, -0.15) is 4.98 Å². The van der Waals surface area contributed by atoms with Gasteiger partial charge in [0.15, 0.2) is 5.82 Å². The molecule has 2 aromatic carbocycles. The lowest BCUT2D eigenvalue weighted by Crippen LogP contribution is -2.20. The average molecular weight is 606 g/mol. The smallest absolute Gasteiger partial charge is 0.354 e. The van der Waals surface area contributed by atoms with Crippen molar-refractivity contribution in [2.75, 3.05) is 13.1 Å². The van der Waals surface area contributed by atoms with Crippen LogP contribution in [-0.2, 0) is 13.0 Å². The summed E-state index contributed by atoms with van der Waals surface area (Å²) in [6.07, 6.45) is 11.1. The van der Waals surface area contributed by atoms with Gasteiger partial charge in [0.05, 0.1) is 22.2 Å². The third-order valence-corrected chi connectivity index (χ3v) is 7.24. The Morgan fingerprint density at radius 1 is 1.21 bits per heavy atom. The Kier molecular flexibility index (Phi) is 11.7. The molecule has 0 radical (unpaired) electrons. The Hall–Kier alpha value is -3.79. The highest BCUT2D eigenvalue weighted by molar-refractivity contribution is 6.31. The molecule has 0 amide bonds. The van der Waals surface area contributed by atoms with Crippen molar-refractivity contribution in [3.63, 3.8) is 0 Å². The average Bonchev–Trinajstić information content (AvgIpc) is 3.82. The van der Waals surface area contributed by atoms with Gasteiger partial charge in [-0.3, -0.25) is 9.56 Å². The summed E-state index contributed by atoms with van der Waals surface area (Å²) in [5.74, 6) is 0.0676. The molecule has 1 fully saturated rings. The van der Waals surface area contributed by atoms with Crippen LogP contribution in [0.2, 0.25) is 5.02 Å². The summed E-state index contributed by atoms with van der Waals surface area (Å²) in [4.78, 5) is 24.3. The van der Waals surface area contributed by atoms with Crippen molar-refractivity contribution >= 4 is 28.5 Å². The van der Waals surface area contributed by atoms with Crippen molar-refractivity contribution < 1.29 is 4.39 Å². The van der Waals surface area contributed by atoms with Crippen LogP contribution in [0.25, 0.3) is 28.0 Å². The minimum absolute atomic E-state index is 0.0421. The quantitative estimate of drug-likeness (QED) is 0.0640. The van der Waals surface area contributed by atoms with Crippen LogP contribution in [-0.4, -0.2) is 39.5 Å². The molecule has 1 unspecified atom stereocenters. The molecule has 1 aliphatic rings. The van der Waals surface area contributed by atoms with Gasteiger partial charge < -0.3 is 21.8 Å². The van der Waals surface area contributed by atoms with Crippen molar-refractivity contribution in [3.05, 3.63) is 93.8 Å². The maximum absolute atomic E-state index is 15.1. The molecule has 228 valence electrons. The van der Waals surface area contributed by atoms with Crippen LogP contribution >= 0.6 is 11.6 Å². The molecule has 43 heavy (non-hydrogen) atoms. The Balaban J connectivity index is 0.00000133. The van der Waals surface area contributed by atoms with Gasteiger partial charge in [-0.15, -0.1) is 6.58 Å². The van der Waals surface area contributed by atoms with Gasteiger partial charge in [-0.25, -0.2) is 9.18 Å². The molecule has 0 saturated heterocycles. The number of halogens is 2. The number of aryl methyl sites for hydroxylation is 1. The second kappa shape index (κ2) is 15.6. The lowest BCUT2D eigenvalue weighted by molar-refractivity contribution is 0.628. The summed E-state index contributed by atoms with van der Waals surface area (Å²) in [6, 6.07) is 12.8. The Morgan fingerprint density at radius 3 is 2.63 bits per heavy atom. The standard InChI is InChI=1S/C30H35ClFN7O.C3H6/c1-3-23(34)7-4-6-21-14-25(28(32)26(31)15-21)27-16-22-18-39(30(40)38-29(22)37-27)24-10-8-20(9-11-24)17-35-12-5-13-36-19(2)33;1-2-3-1/h3,8-11,14-16,18,23,35H,1,4-7,12-13,17,34H2,2H3,(H2,33,36)(H,37,38,40);1-3H2. The Bertz CT molecular complexity index is 1600. The summed E-state index contributed by atoms with van der Waals surface area (Å²) in [5, 5.41) is 4.09. The van der Waals surface area contributed by atoms with E-state index in [0.717, 1.165) is 36.9 Å². The first-order valence-electron chi connectivity index (χ1n) is 14.8. The monoisotopic (exact) mass is 605 g/mol. The van der Waals surface area contributed by atoms with Gasteiger partial charge in [0.1, 0.15) is 5.65 Å². The second-order valence-corrected chi connectivity index (χ2v) is 11.3. The third-order valence-electron chi connectivity index (χ3n) is 6.96. The van der Waals surface area contributed by atoms with Gasteiger partial charge >= 0.3 is 5.69 Å². The lowest BCUT2D eigenvalue weighted by atomic mass is 10.0.